The fourth-order valence-corrected chi connectivity index (χ4v) is 3.44. The van der Waals surface area contributed by atoms with Crippen molar-refractivity contribution >= 4 is 17.5 Å². The highest BCUT2D eigenvalue weighted by Gasteiger charge is 2.26. The van der Waals surface area contributed by atoms with Gasteiger partial charge in [0.25, 0.3) is 0 Å². The van der Waals surface area contributed by atoms with Crippen LogP contribution in [0.3, 0.4) is 0 Å². The molecule has 2 saturated heterocycles. The minimum absolute atomic E-state index is 0.0110. The minimum atomic E-state index is -0.143. The second-order valence-corrected chi connectivity index (χ2v) is 6.97. The highest BCUT2D eigenvalue weighted by molar-refractivity contribution is 5.94. The molecule has 2 aliphatic rings. The third-order valence-electron chi connectivity index (χ3n) is 4.60. The summed E-state index contributed by atoms with van der Waals surface area (Å²) in [6.07, 6.45) is 6.40. The van der Waals surface area contributed by atoms with Gasteiger partial charge in [-0.15, -0.1) is 0 Å². The average molecular weight is 349 g/mol. The zero-order valence-electron chi connectivity index (χ0n) is 14.9. The zero-order valence-corrected chi connectivity index (χ0v) is 14.9. The number of hydrogen-bond donors (Lipinski definition) is 2. The van der Waals surface area contributed by atoms with Gasteiger partial charge >= 0.3 is 0 Å². The quantitative estimate of drug-likeness (QED) is 0.831. The fraction of sp³-hybridized carbons (Fsp3) is 0.706. The number of ether oxygens (including phenoxy) is 1. The first-order valence-corrected chi connectivity index (χ1v) is 9.01. The van der Waals surface area contributed by atoms with E-state index >= 15 is 0 Å². The van der Waals surface area contributed by atoms with Crippen molar-refractivity contribution in [3.05, 3.63) is 12.4 Å². The molecule has 8 heteroatoms. The topological polar surface area (TPSA) is 88.5 Å². The summed E-state index contributed by atoms with van der Waals surface area (Å²) >= 11 is 0. The van der Waals surface area contributed by atoms with Crippen LogP contribution in [0.5, 0.6) is 0 Å². The lowest BCUT2D eigenvalue weighted by atomic mass is 10.0. The van der Waals surface area contributed by atoms with Gasteiger partial charge in [-0.3, -0.25) is 14.3 Å². The Bertz CT molecular complexity index is 601. The van der Waals surface area contributed by atoms with Gasteiger partial charge in [0.1, 0.15) is 6.54 Å². The van der Waals surface area contributed by atoms with Crippen LogP contribution in [-0.2, 0) is 20.9 Å². The van der Waals surface area contributed by atoms with E-state index in [-0.39, 0.29) is 36.6 Å². The first kappa shape index (κ1) is 17.9. The molecule has 8 nitrogen and oxygen atoms in total. The lowest BCUT2D eigenvalue weighted by molar-refractivity contribution is -0.144. The molecule has 138 valence electrons. The summed E-state index contributed by atoms with van der Waals surface area (Å²) in [5.41, 5.74) is 0.619. The van der Waals surface area contributed by atoms with E-state index in [0.717, 1.165) is 25.8 Å². The lowest BCUT2D eigenvalue weighted by Crippen LogP contribution is -2.49. The molecule has 0 aliphatic carbocycles. The van der Waals surface area contributed by atoms with Gasteiger partial charge < -0.3 is 20.3 Å². The van der Waals surface area contributed by atoms with Crippen molar-refractivity contribution in [3.8, 4) is 0 Å². The number of nitrogens with one attached hydrogen (secondary N) is 2. The molecule has 25 heavy (non-hydrogen) atoms. The summed E-state index contributed by atoms with van der Waals surface area (Å²) in [5, 5.41) is 10.3. The highest BCUT2D eigenvalue weighted by Crippen LogP contribution is 2.13. The highest BCUT2D eigenvalue weighted by atomic mass is 16.5. The van der Waals surface area contributed by atoms with E-state index in [1.165, 1.54) is 0 Å². The van der Waals surface area contributed by atoms with Crippen molar-refractivity contribution in [2.45, 2.75) is 57.9 Å². The van der Waals surface area contributed by atoms with Crippen LogP contribution in [0.1, 0.15) is 33.1 Å². The molecule has 2 amide bonds. The summed E-state index contributed by atoms with van der Waals surface area (Å²) in [5.74, 6) is -0.0293. The minimum Gasteiger partial charge on any atom is -0.372 e. The van der Waals surface area contributed by atoms with Crippen LogP contribution in [0.15, 0.2) is 12.4 Å². The molecule has 0 aromatic carbocycles. The summed E-state index contributed by atoms with van der Waals surface area (Å²) in [4.78, 5) is 26.5. The van der Waals surface area contributed by atoms with Gasteiger partial charge in [-0.05, 0) is 33.2 Å². The maximum atomic E-state index is 12.4. The van der Waals surface area contributed by atoms with Crippen molar-refractivity contribution in [2.75, 3.05) is 25.0 Å². The fourth-order valence-electron chi connectivity index (χ4n) is 3.44. The average Bonchev–Trinajstić information content (AvgIpc) is 3.01. The monoisotopic (exact) mass is 349 g/mol. The van der Waals surface area contributed by atoms with Crippen molar-refractivity contribution in [3.63, 3.8) is 0 Å². The number of piperidine rings is 1. The number of nitrogens with zero attached hydrogens (tertiary/aromatic N) is 3. The summed E-state index contributed by atoms with van der Waals surface area (Å²) in [6, 6.07) is -0.143. The number of aromatic nitrogens is 2. The molecule has 0 bridgehead atoms. The van der Waals surface area contributed by atoms with E-state index in [1.807, 2.05) is 18.7 Å². The van der Waals surface area contributed by atoms with E-state index in [0.29, 0.717) is 18.8 Å². The third-order valence-corrected chi connectivity index (χ3v) is 4.60. The van der Waals surface area contributed by atoms with Gasteiger partial charge in [-0.1, -0.05) is 6.42 Å². The molecule has 3 heterocycles. The largest absolute Gasteiger partial charge is 0.372 e. The number of morpholine rings is 1. The van der Waals surface area contributed by atoms with Crippen molar-refractivity contribution < 1.29 is 14.3 Å². The van der Waals surface area contributed by atoms with Gasteiger partial charge in [0.15, 0.2) is 0 Å². The predicted molar refractivity (Wildman–Crippen MR) is 93.1 cm³/mol. The van der Waals surface area contributed by atoms with Crippen LogP contribution in [0.25, 0.3) is 0 Å². The van der Waals surface area contributed by atoms with Crippen LogP contribution < -0.4 is 10.6 Å². The number of rotatable bonds is 4. The van der Waals surface area contributed by atoms with Gasteiger partial charge in [0.05, 0.1) is 30.1 Å². The summed E-state index contributed by atoms with van der Waals surface area (Å²) < 4.78 is 7.22. The van der Waals surface area contributed by atoms with E-state index in [2.05, 4.69) is 15.7 Å². The van der Waals surface area contributed by atoms with Gasteiger partial charge in [-0.25, -0.2) is 0 Å². The van der Waals surface area contributed by atoms with E-state index < -0.39 is 0 Å². The van der Waals surface area contributed by atoms with E-state index in [4.69, 9.17) is 4.74 Å². The zero-order chi connectivity index (χ0) is 17.8. The second kappa shape index (κ2) is 7.97. The molecule has 3 unspecified atom stereocenters. The summed E-state index contributed by atoms with van der Waals surface area (Å²) in [7, 11) is 0. The SMILES string of the molecule is CC1CN(C(=O)Cn2cc(NC(=O)C3CCCCN3)cn2)CC(C)O1. The van der Waals surface area contributed by atoms with Gasteiger partial charge in [0.2, 0.25) is 11.8 Å². The number of hydrogen-bond acceptors (Lipinski definition) is 5. The van der Waals surface area contributed by atoms with Crippen LogP contribution in [0.2, 0.25) is 0 Å². The van der Waals surface area contributed by atoms with E-state index in [9.17, 15) is 9.59 Å². The molecule has 0 radical (unpaired) electrons. The van der Waals surface area contributed by atoms with Crippen molar-refractivity contribution in [1.29, 1.82) is 0 Å². The van der Waals surface area contributed by atoms with Crippen LogP contribution >= 0.6 is 0 Å². The van der Waals surface area contributed by atoms with Crippen molar-refractivity contribution in [2.24, 2.45) is 0 Å². The number of carbonyl (C=O) groups excluding carboxylic acids is 2. The number of amides is 2. The Balaban J connectivity index is 1.52. The standard InChI is InChI=1S/C17H27N5O3/c1-12-8-21(9-13(2)25-12)16(23)11-22-10-14(7-19-22)20-17(24)15-5-3-4-6-18-15/h7,10,12-13,15,18H,3-6,8-9,11H2,1-2H3,(H,20,24). The lowest BCUT2D eigenvalue weighted by Gasteiger charge is -2.35. The summed E-state index contributed by atoms with van der Waals surface area (Å²) in [6.45, 7) is 6.18. The van der Waals surface area contributed by atoms with Crippen molar-refractivity contribution in [1.82, 2.24) is 20.0 Å². The first-order valence-electron chi connectivity index (χ1n) is 9.01. The Hall–Kier alpha value is -1.93. The Morgan fingerprint density at radius 2 is 2.08 bits per heavy atom. The van der Waals surface area contributed by atoms with Crippen LogP contribution in [-0.4, -0.2) is 64.4 Å². The predicted octanol–water partition coefficient (Wildman–Crippen LogP) is 0.600. The van der Waals surface area contributed by atoms with Crippen LogP contribution in [0, 0.1) is 0 Å². The molecule has 1 aromatic rings. The van der Waals surface area contributed by atoms with Crippen LogP contribution in [0.4, 0.5) is 5.69 Å². The molecule has 2 aliphatic heterocycles. The van der Waals surface area contributed by atoms with Gasteiger partial charge in [-0.2, -0.15) is 5.10 Å². The molecular weight excluding hydrogens is 322 g/mol. The molecule has 0 saturated carbocycles. The molecular formula is C17H27N5O3. The molecule has 3 atom stereocenters. The first-order chi connectivity index (χ1) is 12.0. The molecule has 2 N–H and O–H groups in total. The smallest absolute Gasteiger partial charge is 0.244 e. The molecule has 2 fully saturated rings. The number of anilines is 1. The second-order valence-electron chi connectivity index (χ2n) is 6.97. The Kier molecular flexibility index (Phi) is 5.70. The molecule has 0 spiro atoms. The molecule has 3 rings (SSSR count). The van der Waals surface area contributed by atoms with Gasteiger partial charge in [0, 0.05) is 19.3 Å². The third kappa shape index (κ3) is 4.79. The Morgan fingerprint density at radius 1 is 1.32 bits per heavy atom. The normalized spacial score (nSPS) is 27.1. The maximum Gasteiger partial charge on any atom is 0.244 e. The molecule has 1 aromatic heterocycles. The Labute approximate surface area is 147 Å². The number of carbonyl (C=O) groups is 2. The maximum absolute atomic E-state index is 12.4. The van der Waals surface area contributed by atoms with E-state index in [1.54, 1.807) is 17.1 Å². The Morgan fingerprint density at radius 3 is 2.76 bits per heavy atom.